The summed E-state index contributed by atoms with van der Waals surface area (Å²) in [5.41, 5.74) is 6.13. The molecule has 24 heavy (non-hydrogen) atoms. The average molecular weight is 332 g/mol. The summed E-state index contributed by atoms with van der Waals surface area (Å²) in [7, 11) is 0. The molecule has 3 heteroatoms. The van der Waals surface area contributed by atoms with Gasteiger partial charge >= 0.3 is 5.97 Å². The van der Waals surface area contributed by atoms with E-state index in [2.05, 4.69) is 38.1 Å². The first-order valence-corrected chi connectivity index (χ1v) is 8.73. The molecule has 3 nitrogen and oxygen atoms in total. The highest BCUT2D eigenvalue weighted by Crippen LogP contribution is 2.24. The monoisotopic (exact) mass is 331 g/mol. The zero-order valence-corrected chi connectivity index (χ0v) is 16.1. The number of hydrogen-bond acceptors (Lipinski definition) is 3. The Morgan fingerprint density at radius 3 is 1.83 bits per heavy atom. The van der Waals surface area contributed by atoms with Crippen molar-refractivity contribution in [3.05, 3.63) is 46.5 Å². The maximum Gasteiger partial charge on any atom is 0.302 e. The number of hydrogen-bond donors (Lipinski definition) is 1. The number of carbonyl (C=O) groups excluding carboxylic acids is 1. The quantitative estimate of drug-likeness (QED) is 0.450. The molecule has 0 aliphatic heterocycles. The standard InChI is InChI=1S/C12H14.C6H12O2.C3H7N/c1-9-7-11-5-3-4-6-12(11)8-10(9)2;1-4-5(2)8-6(3)7;1-2-3-4/h3-6H,7-8H2,1-2H3;5H,4H2,1-3H3;3-4H,2H2,1H3. The molecular weight excluding hydrogens is 298 g/mol. The predicted molar refractivity (Wildman–Crippen MR) is 103 cm³/mol. The molecule has 134 valence electrons. The van der Waals surface area contributed by atoms with Gasteiger partial charge in [-0.1, -0.05) is 49.3 Å². The Morgan fingerprint density at radius 1 is 1.17 bits per heavy atom. The number of rotatable bonds is 3. The second-order valence-electron chi connectivity index (χ2n) is 6.12. The minimum absolute atomic E-state index is 0.0764. The molecule has 0 radical (unpaired) electrons. The number of nitrogens with one attached hydrogen (secondary N) is 1. The van der Waals surface area contributed by atoms with E-state index in [1.807, 2.05) is 20.8 Å². The molecule has 0 aromatic heterocycles. The molecule has 1 aliphatic carbocycles. The second kappa shape index (κ2) is 12.5. The average Bonchev–Trinajstić information content (AvgIpc) is 2.56. The zero-order chi connectivity index (χ0) is 18.5. The third-order valence-corrected chi connectivity index (χ3v) is 3.90. The fraction of sp³-hybridized carbons (Fsp3) is 0.524. The summed E-state index contributed by atoms with van der Waals surface area (Å²) in [5.74, 6) is -0.195. The molecule has 1 atom stereocenters. The first-order valence-electron chi connectivity index (χ1n) is 8.73. The first-order chi connectivity index (χ1) is 11.3. The van der Waals surface area contributed by atoms with Gasteiger partial charge in [0, 0.05) is 6.92 Å². The summed E-state index contributed by atoms with van der Waals surface area (Å²) in [5, 5.41) is 6.33. The normalized spacial score (nSPS) is 13.4. The van der Waals surface area contributed by atoms with Gasteiger partial charge in [0.2, 0.25) is 0 Å². The van der Waals surface area contributed by atoms with Crippen molar-refractivity contribution in [1.82, 2.24) is 0 Å². The van der Waals surface area contributed by atoms with Gasteiger partial charge in [-0.15, -0.1) is 0 Å². The largest absolute Gasteiger partial charge is 0.463 e. The van der Waals surface area contributed by atoms with Crippen molar-refractivity contribution in [2.45, 2.75) is 73.3 Å². The van der Waals surface area contributed by atoms with Crippen molar-refractivity contribution >= 4 is 12.2 Å². The van der Waals surface area contributed by atoms with Gasteiger partial charge in [-0.3, -0.25) is 4.79 Å². The lowest BCUT2D eigenvalue weighted by molar-refractivity contribution is -0.145. The van der Waals surface area contributed by atoms with Gasteiger partial charge in [0.1, 0.15) is 0 Å². The third kappa shape index (κ3) is 9.29. The molecular formula is C21H33NO2. The Bertz CT molecular complexity index is 514. The second-order valence-corrected chi connectivity index (χ2v) is 6.12. The van der Waals surface area contributed by atoms with E-state index in [-0.39, 0.29) is 12.1 Å². The van der Waals surface area contributed by atoms with Crippen LogP contribution in [0.4, 0.5) is 0 Å². The van der Waals surface area contributed by atoms with Crippen LogP contribution in [0.25, 0.3) is 0 Å². The van der Waals surface area contributed by atoms with Gasteiger partial charge in [-0.05, 0) is 63.8 Å². The summed E-state index contributed by atoms with van der Waals surface area (Å²) in [6.45, 7) is 11.7. The van der Waals surface area contributed by atoms with E-state index in [1.54, 1.807) is 11.1 Å². The van der Waals surface area contributed by atoms with Crippen molar-refractivity contribution in [3.63, 3.8) is 0 Å². The first kappa shape index (κ1) is 22.1. The van der Waals surface area contributed by atoms with Gasteiger partial charge in [0.15, 0.2) is 0 Å². The van der Waals surface area contributed by atoms with Crippen molar-refractivity contribution in [2.75, 3.05) is 0 Å². The van der Waals surface area contributed by atoms with E-state index < -0.39 is 0 Å². The molecule has 1 aromatic rings. The number of fused-ring (bicyclic) bond motifs is 1. The van der Waals surface area contributed by atoms with Crippen LogP contribution < -0.4 is 0 Å². The molecule has 0 heterocycles. The SMILES string of the molecule is CC1=C(C)Cc2ccccc2C1.CCC(C)OC(C)=O.CCC=N. The Morgan fingerprint density at radius 2 is 1.58 bits per heavy atom. The maximum absolute atomic E-state index is 10.2. The summed E-state index contributed by atoms with van der Waals surface area (Å²) in [6.07, 6.45) is 5.51. The van der Waals surface area contributed by atoms with E-state index >= 15 is 0 Å². The van der Waals surface area contributed by atoms with Crippen LogP contribution in [0.5, 0.6) is 0 Å². The van der Waals surface area contributed by atoms with E-state index in [4.69, 9.17) is 10.1 Å². The Labute approximate surface area is 147 Å². The van der Waals surface area contributed by atoms with E-state index in [0.29, 0.717) is 0 Å². The molecule has 0 amide bonds. The van der Waals surface area contributed by atoms with Crippen LogP contribution in [-0.2, 0) is 22.4 Å². The van der Waals surface area contributed by atoms with Crippen LogP contribution in [0, 0.1) is 5.41 Å². The Kier molecular flexibility index (Phi) is 11.5. The summed E-state index contributed by atoms with van der Waals surface area (Å²) < 4.78 is 4.76. The fourth-order valence-electron chi connectivity index (χ4n) is 2.14. The molecule has 0 spiro atoms. The molecule has 0 fully saturated rings. The zero-order valence-electron chi connectivity index (χ0n) is 16.1. The topological polar surface area (TPSA) is 50.2 Å². The van der Waals surface area contributed by atoms with Gasteiger partial charge in [-0.25, -0.2) is 0 Å². The lowest BCUT2D eigenvalue weighted by atomic mass is 9.88. The van der Waals surface area contributed by atoms with Crippen molar-refractivity contribution < 1.29 is 9.53 Å². The molecule has 0 saturated heterocycles. The molecule has 0 bridgehead atoms. The number of ether oxygens (including phenoxy) is 1. The van der Waals surface area contributed by atoms with Gasteiger partial charge in [0.25, 0.3) is 0 Å². The highest BCUT2D eigenvalue weighted by molar-refractivity contribution is 5.66. The van der Waals surface area contributed by atoms with E-state index in [1.165, 1.54) is 24.3 Å². The Hall–Kier alpha value is -1.90. The third-order valence-electron chi connectivity index (χ3n) is 3.90. The predicted octanol–water partition coefficient (Wildman–Crippen LogP) is 5.52. The highest BCUT2D eigenvalue weighted by Gasteiger charge is 2.10. The fourth-order valence-corrected chi connectivity index (χ4v) is 2.14. The number of carbonyl (C=O) groups is 1. The lowest BCUT2D eigenvalue weighted by Crippen LogP contribution is -2.09. The molecule has 2 rings (SSSR count). The molecule has 0 saturated carbocycles. The summed E-state index contributed by atoms with van der Waals surface area (Å²) in [6, 6.07) is 8.75. The Balaban J connectivity index is 0.000000384. The lowest BCUT2D eigenvalue weighted by Gasteiger charge is -2.18. The van der Waals surface area contributed by atoms with Crippen molar-refractivity contribution in [3.8, 4) is 0 Å². The van der Waals surface area contributed by atoms with Crippen molar-refractivity contribution in [2.24, 2.45) is 0 Å². The van der Waals surface area contributed by atoms with E-state index in [0.717, 1.165) is 25.7 Å². The molecule has 1 aliphatic rings. The highest BCUT2D eigenvalue weighted by atomic mass is 16.5. The van der Waals surface area contributed by atoms with Crippen LogP contribution in [0.3, 0.4) is 0 Å². The minimum Gasteiger partial charge on any atom is -0.463 e. The summed E-state index contributed by atoms with van der Waals surface area (Å²) >= 11 is 0. The van der Waals surface area contributed by atoms with Crippen LogP contribution in [0.15, 0.2) is 35.4 Å². The maximum atomic E-state index is 10.2. The van der Waals surface area contributed by atoms with Gasteiger partial charge < -0.3 is 10.1 Å². The van der Waals surface area contributed by atoms with Gasteiger partial charge in [0.05, 0.1) is 6.10 Å². The van der Waals surface area contributed by atoms with Crippen molar-refractivity contribution in [1.29, 1.82) is 5.41 Å². The molecule has 1 N–H and O–H groups in total. The van der Waals surface area contributed by atoms with Crippen LogP contribution in [0.2, 0.25) is 0 Å². The molecule has 1 unspecified atom stereocenters. The van der Waals surface area contributed by atoms with Crippen LogP contribution >= 0.6 is 0 Å². The number of allylic oxidation sites excluding steroid dienone is 2. The summed E-state index contributed by atoms with van der Waals surface area (Å²) in [4.78, 5) is 10.2. The number of benzene rings is 1. The van der Waals surface area contributed by atoms with Gasteiger partial charge in [-0.2, -0.15) is 0 Å². The number of esters is 1. The van der Waals surface area contributed by atoms with E-state index in [9.17, 15) is 4.79 Å². The van der Waals surface area contributed by atoms with Crippen LogP contribution in [0.1, 0.15) is 65.5 Å². The smallest absolute Gasteiger partial charge is 0.302 e. The minimum atomic E-state index is -0.195. The van der Waals surface area contributed by atoms with Crippen LogP contribution in [-0.4, -0.2) is 18.3 Å². The molecule has 1 aromatic carbocycles.